The van der Waals surface area contributed by atoms with E-state index in [1.54, 1.807) is 5.56 Å². The Morgan fingerprint density at radius 2 is 2.11 bits per heavy atom. The van der Waals surface area contributed by atoms with Gasteiger partial charge in [-0.05, 0) is 57.8 Å². The lowest BCUT2D eigenvalue weighted by molar-refractivity contribution is 0.251. The van der Waals surface area contributed by atoms with Crippen molar-refractivity contribution in [2.24, 2.45) is 5.92 Å². The zero-order valence-electron chi connectivity index (χ0n) is 13.0. The predicted octanol–water partition coefficient (Wildman–Crippen LogP) is 3.75. The molecule has 2 rings (SSSR count). The maximum Gasteiger partial charge on any atom is 0.0331 e. The van der Waals surface area contributed by atoms with Crippen molar-refractivity contribution in [3.8, 4) is 0 Å². The van der Waals surface area contributed by atoms with Crippen LogP contribution in [-0.4, -0.2) is 30.6 Å². The zero-order valence-corrected chi connectivity index (χ0v) is 13.8. The normalized spacial score (nSPS) is 22.3. The van der Waals surface area contributed by atoms with Crippen LogP contribution in [0.3, 0.4) is 0 Å². The number of nitrogens with one attached hydrogen (secondary N) is 1. The fourth-order valence-corrected chi connectivity index (χ4v) is 4.06. The van der Waals surface area contributed by atoms with Crippen molar-refractivity contribution in [3.63, 3.8) is 0 Å². The second-order valence-electron chi connectivity index (χ2n) is 6.26. The summed E-state index contributed by atoms with van der Waals surface area (Å²) in [5.74, 6) is 0.824. The minimum atomic E-state index is 0.578. The smallest absolute Gasteiger partial charge is 0.0331 e. The average molecular weight is 280 g/mol. The predicted molar refractivity (Wildman–Crippen MR) is 85.0 cm³/mol. The molecule has 108 valence electrons. The monoisotopic (exact) mass is 280 g/mol. The van der Waals surface area contributed by atoms with Crippen LogP contribution in [0.4, 0.5) is 0 Å². The Bertz CT molecular complexity index is 411. The number of rotatable bonds is 5. The minimum absolute atomic E-state index is 0.578. The van der Waals surface area contributed by atoms with Crippen molar-refractivity contribution >= 4 is 11.3 Å². The van der Waals surface area contributed by atoms with Crippen LogP contribution >= 0.6 is 11.3 Å². The lowest BCUT2D eigenvalue weighted by Gasteiger charge is -2.25. The summed E-state index contributed by atoms with van der Waals surface area (Å²) in [6.45, 7) is 15.0. The molecule has 2 heterocycles. The summed E-state index contributed by atoms with van der Waals surface area (Å²) in [5, 5.41) is 3.58. The standard InChI is InChI=1S/C16H28N2S/c1-11(2)17-9-15-6-7-18(10-15)13(4)16-8-12(3)19-14(16)5/h8,11,13,15,17H,6-7,9-10H2,1-5H3. The molecule has 19 heavy (non-hydrogen) atoms. The summed E-state index contributed by atoms with van der Waals surface area (Å²) in [5.41, 5.74) is 1.54. The van der Waals surface area contributed by atoms with Crippen LogP contribution in [0.15, 0.2) is 6.07 Å². The number of likely N-dealkylation sites (tertiary alicyclic amines) is 1. The number of hydrogen-bond donors (Lipinski definition) is 1. The number of aryl methyl sites for hydroxylation is 2. The molecule has 1 aliphatic heterocycles. The Morgan fingerprint density at radius 1 is 1.37 bits per heavy atom. The second-order valence-corrected chi connectivity index (χ2v) is 7.72. The van der Waals surface area contributed by atoms with E-state index in [0.717, 1.165) is 5.92 Å². The van der Waals surface area contributed by atoms with Crippen molar-refractivity contribution in [3.05, 3.63) is 21.4 Å². The Labute approximate surface area is 122 Å². The third-order valence-corrected chi connectivity index (χ3v) is 5.19. The van der Waals surface area contributed by atoms with E-state index in [0.29, 0.717) is 12.1 Å². The molecule has 1 fully saturated rings. The van der Waals surface area contributed by atoms with Gasteiger partial charge in [0.15, 0.2) is 0 Å². The summed E-state index contributed by atoms with van der Waals surface area (Å²) in [7, 11) is 0. The average Bonchev–Trinajstić information content (AvgIpc) is 2.92. The van der Waals surface area contributed by atoms with Gasteiger partial charge in [0.1, 0.15) is 0 Å². The van der Waals surface area contributed by atoms with Gasteiger partial charge in [-0.25, -0.2) is 0 Å². The third kappa shape index (κ3) is 3.80. The molecule has 0 spiro atoms. The molecule has 3 heteroatoms. The highest BCUT2D eigenvalue weighted by molar-refractivity contribution is 7.12. The Hall–Kier alpha value is -0.380. The molecular weight excluding hydrogens is 252 g/mol. The topological polar surface area (TPSA) is 15.3 Å². The summed E-state index contributed by atoms with van der Waals surface area (Å²) >= 11 is 1.93. The number of thiophene rings is 1. The molecule has 0 radical (unpaired) electrons. The molecule has 0 amide bonds. The first-order valence-electron chi connectivity index (χ1n) is 7.51. The summed E-state index contributed by atoms with van der Waals surface area (Å²) in [6, 6.07) is 3.56. The fraction of sp³-hybridized carbons (Fsp3) is 0.750. The van der Waals surface area contributed by atoms with Gasteiger partial charge >= 0.3 is 0 Å². The van der Waals surface area contributed by atoms with E-state index in [-0.39, 0.29) is 0 Å². The number of hydrogen-bond acceptors (Lipinski definition) is 3. The molecule has 1 aromatic rings. The van der Waals surface area contributed by atoms with Crippen LogP contribution < -0.4 is 5.32 Å². The molecule has 2 atom stereocenters. The fourth-order valence-electron chi connectivity index (χ4n) is 3.05. The quantitative estimate of drug-likeness (QED) is 0.884. The first-order valence-corrected chi connectivity index (χ1v) is 8.33. The first kappa shape index (κ1) is 15.0. The highest BCUT2D eigenvalue weighted by atomic mass is 32.1. The lowest BCUT2D eigenvalue weighted by atomic mass is 10.1. The molecule has 0 aliphatic carbocycles. The van der Waals surface area contributed by atoms with E-state index >= 15 is 0 Å². The lowest BCUT2D eigenvalue weighted by Crippen LogP contribution is -2.31. The Balaban J connectivity index is 1.91. The van der Waals surface area contributed by atoms with Crippen LogP contribution in [0.5, 0.6) is 0 Å². The molecule has 2 unspecified atom stereocenters. The summed E-state index contributed by atoms with van der Waals surface area (Å²) in [4.78, 5) is 5.59. The minimum Gasteiger partial charge on any atom is -0.314 e. The maximum atomic E-state index is 3.58. The molecule has 0 saturated carbocycles. The van der Waals surface area contributed by atoms with Crippen LogP contribution in [0.25, 0.3) is 0 Å². The Kier molecular flexibility index (Phi) is 5.04. The number of nitrogens with zero attached hydrogens (tertiary/aromatic N) is 1. The first-order chi connectivity index (χ1) is 8.97. The molecule has 0 bridgehead atoms. The zero-order chi connectivity index (χ0) is 14.0. The van der Waals surface area contributed by atoms with Gasteiger partial charge in [-0.3, -0.25) is 4.90 Å². The second kappa shape index (κ2) is 6.38. The van der Waals surface area contributed by atoms with Crippen molar-refractivity contribution in [1.29, 1.82) is 0 Å². The van der Waals surface area contributed by atoms with Crippen molar-refractivity contribution in [2.75, 3.05) is 19.6 Å². The van der Waals surface area contributed by atoms with E-state index < -0.39 is 0 Å². The van der Waals surface area contributed by atoms with E-state index in [9.17, 15) is 0 Å². The van der Waals surface area contributed by atoms with Gasteiger partial charge in [0, 0.05) is 28.4 Å². The molecule has 1 aliphatic rings. The van der Waals surface area contributed by atoms with Crippen molar-refractivity contribution < 1.29 is 0 Å². The van der Waals surface area contributed by atoms with Crippen molar-refractivity contribution in [2.45, 2.75) is 53.1 Å². The molecule has 2 nitrogen and oxygen atoms in total. The van der Waals surface area contributed by atoms with Gasteiger partial charge in [0.05, 0.1) is 0 Å². The molecule has 0 aromatic carbocycles. The molecule has 1 aromatic heterocycles. The van der Waals surface area contributed by atoms with Crippen molar-refractivity contribution in [1.82, 2.24) is 10.2 Å². The molecule has 1 N–H and O–H groups in total. The van der Waals surface area contributed by atoms with E-state index in [2.05, 4.69) is 50.9 Å². The van der Waals surface area contributed by atoms with Crippen LogP contribution in [0.2, 0.25) is 0 Å². The maximum absolute atomic E-state index is 3.58. The van der Waals surface area contributed by atoms with Crippen LogP contribution in [0, 0.1) is 19.8 Å². The van der Waals surface area contributed by atoms with E-state index in [1.807, 2.05) is 11.3 Å². The van der Waals surface area contributed by atoms with Gasteiger partial charge in [0.25, 0.3) is 0 Å². The van der Waals surface area contributed by atoms with Gasteiger partial charge in [-0.2, -0.15) is 0 Å². The molecule has 1 saturated heterocycles. The van der Waals surface area contributed by atoms with Gasteiger partial charge < -0.3 is 5.32 Å². The SMILES string of the molecule is Cc1cc(C(C)N2CCC(CNC(C)C)C2)c(C)s1. The summed E-state index contributed by atoms with van der Waals surface area (Å²) < 4.78 is 0. The molecular formula is C16H28N2S. The van der Waals surface area contributed by atoms with Gasteiger partial charge in [-0.15, -0.1) is 11.3 Å². The Morgan fingerprint density at radius 3 is 2.68 bits per heavy atom. The third-order valence-electron chi connectivity index (χ3n) is 4.21. The van der Waals surface area contributed by atoms with E-state index in [1.165, 1.54) is 35.8 Å². The van der Waals surface area contributed by atoms with Gasteiger partial charge in [-0.1, -0.05) is 13.8 Å². The summed E-state index contributed by atoms with van der Waals surface area (Å²) in [6.07, 6.45) is 1.34. The highest BCUT2D eigenvalue weighted by Crippen LogP contribution is 2.32. The van der Waals surface area contributed by atoms with Gasteiger partial charge in [0.2, 0.25) is 0 Å². The van der Waals surface area contributed by atoms with E-state index in [4.69, 9.17) is 0 Å². The highest BCUT2D eigenvalue weighted by Gasteiger charge is 2.27. The van der Waals surface area contributed by atoms with Crippen LogP contribution in [0.1, 0.15) is 48.6 Å². The van der Waals surface area contributed by atoms with Crippen LogP contribution in [-0.2, 0) is 0 Å². The largest absolute Gasteiger partial charge is 0.314 e.